The van der Waals surface area contributed by atoms with E-state index in [-0.39, 0.29) is 0 Å². The second-order valence-electron chi connectivity index (χ2n) is 4.81. The van der Waals surface area contributed by atoms with Gasteiger partial charge in [-0.3, -0.25) is 0 Å². The van der Waals surface area contributed by atoms with E-state index in [0.717, 1.165) is 12.1 Å². The third-order valence-corrected chi connectivity index (χ3v) is 3.18. The molecule has 1 nitrogen and oxygen atoms in total. The first-order valence-electron chi connectivity index (χ1n) is 5.82. The van der Waals surface area contributed by atoms with Crippen molar-refractivity contribution < 1.29 is 0 Å². The molecule has 1 aliphatic rings. The van der Waals surface area contributed by atoms with E-state index in [2.05, 4.69) is 39.0 Å². The van der Waals surface area contributed by atoms with Gasteiger partial charge in [0.25, 0.3) is 0 Å². The molecule has 0 fully saturated rings. The monoisotopic (exact) mass is 213 g/mol. The van der Waals surface area contributed by atoms with Gasteiger partial charge >= 0.3 is 0 Å². The lowest BCUT2D eigenvalue weighted by atomic mass is 9.83. The smallest absolute Gasteiger partial charge is 0.0314 e. The van der Waals surface area contributed by atoms with Crippen LogP contribution in [-0.2, 0) is 0 Å². The molecule has 2 rings (SSSR count). The van der Waals surface area contributed by atoms with Gasteiger partial charge in [-0.1, -0.05) is 30.7 Å². The molecule has 0 radical (unpaired) electrons. The molecule has 0 aromatic heterocycles. The van der Waals surface area contributed by atoms with Crippen LogP contribution in [0.25, 0.3) is 5.57 Å². The van der Waals surface area contributed by atoms with E-state index in [9.17, 15) is 0 Å². The minimum absolute atomic E-state index is 0.664. The third kappa shape index (κ3) is 2.04. The molecule has 0 amide bonds. The fourth-order valence-corrected chi connectivity index (χ4v) is 2.61. The zero-order valence-electron chi connectivity index (χ0n) is 10.2. The number of rotatable bonds is 1. The van der Waals surface area contributed by atoms with Crippen molar-refractivity contribution in [2.75, 3.05) is 5.73 Å². The first-order chi connectivity index (χ1) is 7.58. The Hall–Kier alpha value is -1.50. The lowest BCUT2D eigenvalue weighted by Crippen LogP contribution is -2.03. The van der Waals surface area contributed by atoms with Gasteiger partial charge in [0.2, 0.25) is 0 Å². The summed E-state index contributed by atoms with van der Waals surface area (Å²) < 4.78 is 0. The van der Waals surface area contributed by atoms with Crippen molar-refractivity contribution >= 4 is 11.3 Å². The number of hydrogen-bond donors (Lipinski definition) is 1. The maximum atomic E-state index is 5.72. The highest BCUT2D eigenvalue weighted by Crippen LogP contribution is 2.35. The second-order valence-corrected chi connectivity index (χ2v) is 4.81. The van der Waals surface area contributed by atoms with Crippen molar-refractivity contribution in [2.45, 2.75) is 27.2 Å². The number of anilines is 1. The van der Waals surface area contributed by atoms with Crippen LogP contribution in [0.1, 0.15) is 32.8 Å². The zero-order valence-corrected chi connectivity index (χ0v) is 10.2. The molecule has 0 heterocycles. The molecule has 1 unspecified atom stereocenters. The first-order valence-corrected chi connectivity index (χ1v) is 5.82. The summed E-state index contributed by atoms with van der Waals surface area (Å²) in [6, 6.07) is 8.17. The maximum absolute atomic E-state index is 5.72. The summed E-state index contributed by atoms with van der Waals surface area (Å²) in [7, 11) is 0. The van der Waals surface area contributed by atoms with Gasteiger partial charge in [0, 0.05) is 5.69 Å². The van der Waals surface area contributed by atoms with Gasteiger partial charge in [0.05, 0.1) is 0 Å². The minimum atomic E-state index is 0.664. The van der Waals surface area contributed by atoms with Crippen LogP contribution in [0.2, 0.25) is 0 Å². The SMILES string of the molecule is CC1=CC(C)CC(C)=C1c1ccc(N)cc1. The summed E-state index contributed by atoms with van der Waals surface area (Å²) in [6.45, 7) is 6.70. The fourth-order valence-electron chi connectivity index (χ4n) is 2.61. The van der Waals surface area contributed by atoms with Crippen LogP contribution in [0, 0.1) is 5.92 Å². The summed E-state index contributed by atoms with van der Waals surface area (Å²) in [5, 5.41) is 0. The van der Waals surface area contributed by atoms with E-state index in [0.29, 0.717) is 5.92 Å². The highest BCUT2D eigenvalue weighted by Gasteiger charge is 2.15. The Balaban J connectivity index is 2.44. The predicted molar refractivity (Wildman–Crippen MR) is 71.0 cm³/mol. The Morgan fingerprint density at radius 2 is 1.75 bits per heavy atom. The lowest BCUT2D eigenvalue weighted by molar-refractivity contribution is 0.704. The van der Waals surface area contributed by atoms with E-state index in [4.69, 9.17) is 5.73 Å². The molecule has 1 heteroatoms. The normalized spacial score (nSPS) is 20.9. The van der Waals surface area contributed by atoms with Gasteiger partial charge in [-0.2, -0.15) is 0 Å². The fraction of sp³-hybridized carbons (Fsp3) is 0.333. The molecule has 1 aromatic carbocycles. The number of nitrogen functional groups attached to an aromatic ring is 1. The molecule has 0 aliphatic heterocycles. The molecular formula is C15H19N. The van der Waals surface area contributed by atoms with Crippen molar-refractivity contribution in [3.05, 3.63) is 47.1 Å². The van der Waals surface area contributed by atoms with Crippen LogP contribution in [0.4, 0.5) is 5.69 Å². The average molecular weight is 213 g/mol. The molecule has 0 saturated heterocycles. The number of allylic oxidation sites excluding steroid dienone is 4. The van der Waals surface area contributed by atoms with E-state index < -0.39 is 0 Å². The van der Waals surface area contributed by atoms with E-state index >= 15 is 0 Å². The molecular weight excluding hydrogens is 194 g/mol. The Morgan fingerprint density at radius 3 is 2.31 bits per heavy atom. The summed E-state index contributed by atoms with van der Waals surface area (Å²) in [5.74, 6) is 0.664. The summed E-state index contributed by atoms with van der Waals surface area (Å²) >= 11 is 0. The Bertz CT molecular complexity index is 449. The van der Waals surface area contributed by atoms with Crippen LogP contribution in [-0.4, -0.2) is 0 Å². The number of hydrogen-bond acceptors (Lipinski definition) is 1. The van der Waals surface area contributed by atoms with Crippen molar-refractivity contribution in [2.24, 2.45) is 5.92 Å². The van der Waals surface area contributed by atoms with Crippen molar-refractivity contribution in [3.63, 3.8) is 0 Å². The van der Waals surface area contributed by atoms with Crippen molar-refractivity contribution in [1.29, 1.82) is 0 Å². The van der Waals surface area contributed by atoms with Gasteiger partial charge in [-0.05, 0) is 55.0 Å². The Kier molecular flexibility index (Phi) is 2.86. The van der Waals surface area contributed by atoms with Crippen molar-refractivity contribution in [3.8, 4) is 0 Å². The van der Waals surface area contributed by atoms with Gasteiger partial charge in [0.15, 0.2) is 0 Å². The molecule has 16 heavy (non-hydrogen) atoms. The molecule has 1 aliphatic carbocycles. The zero-order chi connectivity index (χ0) is 11.7. The molecule has 0 spiro atoms. The molecule has 2 N–H and O–H groups in total. The molecule has 84 valence electrons. The molecule has 0 saturated carbocycles. The van der Waals surface area contributed by atoms with Gasteiger partial charge in [0.1, 0.15) is 0 Å². The average Bonchev–Trinajstić information content (AvgIpc) is 2.19. The first kappa shape index (κ1) is 11.0. The van der Waals surface area contributed by atoms with Gasteiger partial charge < -0.3 is 5.73 Å². The molecule has 1 aromatic rings. The molecule has 0 bridgehead atoms. The highest BCUT2D eigenvalue weighted by atomic mass is 14.5. The van der Waals surface area contributed by atoms with E-state index in [1.165, 1.54) is 22.3 Å². The van der Waals surface area contributed by atoms with Crippen LogP contribution in [0.3, 0.4) is 0 Å². The summed E-state index contributed by atoms with van der Waals surface area (Å²) in [5.41, 5.74) is 12.1. The maximum Gasteiger partial charge on any atom is 0.0314 e. The third-order valence-electron chi connectivity index (χ3n) is 3.18. The predicted octanol–water partition coefficient (Wildman–Crippen LogP) is 4.03. The quantitative estimate of drug-likeness (QED) is 0.700. The van der Waals surface area contributed by atoms with Crippen molar-refractivity contribution in [1.82, 2.24) is 0 Å². The van der Waals surface area contributed by atoms with Crippen LogP contribution < -0.4 is 5.73 Å². The summed E-state index contributed by atoms with van der Waals surface area (Å²) in [6.07, 6.45) is 3.52. The van der Waals surface area contributed by atoms with Crippen LogP contribution >= 0.6 is 0 Å². The topological polar surface area (TPSA) is 26.0 Å². The van der Waals surface area contributed by atoms with Crippen LogP contribution in [0.5, 0.6) is 0 Å². The highest BCUT2D eigenvalue weighted by molar-refractivity contribution is 5.82. The lowest BCUT2D eigenvalue weighted by Gasteiger charge is -2.22. The van der Waals surface area contributed by atoms with Crippen LogP contribution in [0.15, 0.2) is 41.5 Å². The van der Waals surface area contributed by atoms with E-state index in [1.54, 1.807) is 0 Å². The number of benzene rings is 1. The number of nitrogens with two attached hydrogens (primary N) is 1. The largest absolute Gasteiger partial charge is 0.399 e. The Labute approximate surface area is 97.7 Å². The van der Waals surface area contributed by atoms with E-state index in [1.807, 2.05) is 12.1 Å². The standard InChI is InChI=1S/C15H19N/c1-10-8-11(2)15(12(3)9-10)13-4-6-14(16)7-5-13/h4-8,10H,9,16H2,1-3H3. The second kappa shape index (κ2) is 4.17. The summed E-state index contributed by atoms with van der Waals surface area (Å²) in [4.78, 5) is 0. The van der Waals surface area contributed by atoms with Gasteiger partial charge in [-0.15, -0.1) is 0 Å². The van der Waals surface area contributed by atoms with Gasteiger partial charge in [-0.25, -0.2) is 0 Å². The molecule has 1 atom stereocenters. The Morgan fingerprint density at radius 1 is 1.12 bits per heavy atom. The minimum Gasteiger partial charge on any atom is -0.399 e.